The molecule has 1 aromatic rings. The van der Waals surface area contributed by atoms with Crippen molar-refractivity contribution < 1.29 is 19.1 Å². The summed E-state index contributed by atoms with van der Waals surface area (Å²) in [5.41, 5.74) is 1.70. The summed E-state index contributed by atoms with van der Waals surface area (Å²) in [6.07, 6.45) is 0. The van der Waals surface area contributed by atoms with E-state index in [1.807, 2.05) is 18.2 Å². The second-order valence-electron chi connectivity index (χ2n) is 5.05. The van der Waals surface area contributed by atoms with Crippen LogP contribution in [0.2, 0.25) is 0 Å². The van der Waals surface area contributed by atoms with Crippen molar-refractivity contribution in [3.63, 3.8) is 0 Å². The lowest BCUT2D eigenvalue weighted by molar-refractivity contribution is -0.139. The maximum Gasteiger partial charge on any atom is 0.338 e. The van der Waals surface area contributed by atoms with E-state index >= 15 is 0 Å². The van der Waals surface area contributed by atoms with Crippen LogP contribution in [0, 0.1) is 3.57 Å². The highest BCUT2D eigenvalue weighted by Gasteiger charge is 2.36. The molecule has 0 saturated heterocycles. The molecule has 0 spiro atoms. The number of carbonyl (C=O) groups excluding carboxylic acids is 2. The van der Waals surface area contributed by atoms with E-state index in [0.29, 0.717) is 17.0 Å². The van der Waals surface area contributed by atoms with Crippen LogP contribution in [0.15, 0.2) is 29.5 Å². The Balaban J connectivity index is 2.60. The molecule has 23 heavy (non-hydrogen) atoms. The van der Waals surface area contributed by atoms with Gasteiger partial charge in [-0.25, -0.2) is 9.59 Å². The first-order chi connectivity index (χ1) is 10.9. The van der Waals surface area contributed by atoms with Crippen molar-refractivity contribution in [2.45, 2.75) is 19.9 Å². The van der Waals surface area contributed by atoms with Crippen LogP contribution >= 0.6 is 22.6 Å². The summed E-state index contributed by atoms with van der Waals surface area (Å²) in [4.78, 5) is 26.0. The number of hydrogen-bond donors (Lipinski definition) is 1. The Kier molecular flexibility index (Phi) is 5.51. The number of halogens is 1. The van der Waals surface area contributed by atoms with Crippen molar-refractivity contribution >= 4 is 34.6 Å². The van der Waals surface area contributed by atoms with Crippen LogP contribution < -0.4 is 10.1 Å². The summed E-state index contributed by atoms with van der Waals surface area (Å²) < 4.78 is 11.5. The number of hydrogen-bond acceptors (Lipinski definition) is 4. The molecule has 0 radical (unpaired) electrons. The number of benzene rings is 1. The maximum absolute atomic E-state index is 12.4. The molecule has 124 valence electrons. The van der Waals surface area contributed by atoms with E-state index in [0.717, 1.165) is 9.13 Å². The van der Waals surface area contributed by atoms with E-state index in [1.165, 1.54) is 4.90 Å². The number of urea groups is 1. The van der Waals surface area contributed by atoms with Crippen LogP contribution in [0.4, 0.5) is 4.79 Å². The fraction of sp³-hybridized carbons (Fsp3) is 0.375. The van der Waals surface area contributed by atoms with Gasteiger partial charge in [-0.1, -0.05) is 0 Å². The fourth-order valence-electron chi connectivity index (χ4n) is 2.47. The molecule has 7 heteroatoms. The first-order valence-corrected chi connectivity index (χ1v) is 8.24. The molecule has 6 nitrogen and oxygen atoms in total. The quantitative estimate of drug-likeness (QED) is 0.590. The Morgan fingerprint density at radius 1 is 1.43 bits per heavy atom. The van der Waals surface area contributed by atoms with E-state index in [-0.39, 0.29) is 12.6 Å². The number of carbonyl (C=O) groups is 2. The second-order valence-corrected chi connectivity index (χ2v) is 6.29. The van der Waals surface area contributed by atoms with Gasteiger partial charge < -0.3 is 19.7 Å². The van der Waals surface area contributed by atoms with Gasteiger partial charge in [-0.2, -0.15) is 0 Å². The van der Waals surface area contributed by atoms with Crippen LogP contribution in [0.1, 0.15) is 25.5 Å². The zero-order valence-electron chi connectivity index (χ0n) is 13.5. The standard InChI is InChI=1S/C16H19IN2O4/c1-5-23-15(20)13-9(2)19(3)16(21)18-14(13)11-8-10(17)6-7-12(11)22-4/h6-8,14H,5H2,1-4H3,(H,18,21)/t14-/m0/s1. The molecule has 1 aromatic carbocycles. The van der Waals surface area contributed by atoms with Gasteiger partial charge in [-0.05, 0) is 54.6 Å². The minimum atomic E-state index is -0.609. The molecule has 1 aliphatic rings. The van der Waals surface area contributed by atoms with Crippen molar-refractivity contribution in [3.8, 4) is 5.75 Å². The van der Waals surface area contributed by atoms with Crippen LogP contribution in [0.5, 0.6) is 5.75 Å². The topological polar surface area (TPSA) is 67.9 Å². The number of nitrogens with zero attached hydrogens (tertiary/aromatic N) is 1. The SMILES string of the molecule is CCOC(=O)C1=C(C)N(C)C(=O)N[C@H]1c1cc(I)ccc1OC. The van der Waals surface area contributed by atoms with Crippen molar-refractivity contribution in [2.24, 2.45) is 0 Å². The smallest absolute Gasteiger partial charge is 0.338 e. The summed E-state index contributed by atoms with van der Waals surface area (Å²) >= 11 is 2.18. The Hall–Kier alpha value is -1.77. The van der Waals surface area contributed by atoms with Crippen molar-refractivity contribution in [1.29, 1.82) is 0 Å². The Bertz CT molecular complexity index is 672. The third kappa shape index (κ3) is 3.44. The molecular formula is C16H19IN2O4. The lowest BCUT2D eigenvalue weighted by Gasteiger charge is -2.33. The summed E-state index contributed by atoms with van der Waals surface area (Å²) in [6.45, 7) is 3.75. The van der Waals surface area contributed by atoms with Gasteiger partial charge in [-0.3, -0.25) is 0 Å². The molecule has 1 N–H and O–H groups in total. The van der Waals surface area contributed by atoms with Gasteiger partial charge in [0.2, 0.25) is 0 Å². The lowest BCUT2D eigenvalue weighted by Crippen LogP contribution is -2.46. The summed E-state index contributed by atoms with van der Waals surface area (Å²) in [5, 5.41) is 2.85. The van der Waals surface area contributed by atoms with Gasteiger partial charge in [0.25, 0.3) is 0 Å². The van der Waals surface area contributed by atoms with Crippen LogP contribution in [0.3, 0.4) is 0 Å². The lowest BCUT2D eigenvalue weighted by atomic mass is 9.94. The number of allylic oxidation sites excluding steroid dienone is 1. The molecule has 0 unspecified atom stereocenters. The molecule has 0 aromatic heterocycles. The monoisotopic (exact) mass is 430 g/mol. The highest BCUT2D eigenvalue weighted by molar-refractivity contribution is 14.1. The Morgan fingerprint density at radius 3 is 2.74 bits per heavy atom. The predicted molar refractivity (Wildman–Crippen MR) is 94.1 cm³/mol. The molecule has 1 heterocycles. The van der Waals surface area contributed by atoms with Crippen LogP contribution in [0.25, 0.3) is 0 Å². The molecular weight excluding hydrogens is 411 g/mol. The van der Waals surface area contributed by atoms with Crippen LogP contribution in [-0.4, -0.2) is 37.7 Å². The molecule has 0 bridgehead atoms. The highest BCUT2D eigenvalue weighted by Crippen LogP contribution is 2.36. The average molecular weight is 430 g/mol. The average Bonchev–Trinajstić information content (AvgIpc) is 2.52. The molecule has 0 saturated carbocycles. The van der Waals surface area contributed by atoms with Gasteiger partial charge in [0.1, 0.15) is 5.75 Å². The minimum absolute atomic E-state index is 0.267. The molecule has 0 fully saturated rings. The number of amides is 2. The summed E-state index contributed by atoms with van der Waals surface area (Å²) in [7, 11) is 3.18. The molecule has 1 atom stereocenters. The van der Waals surface area contributed by atoms with E-state index in [1.54, 1.807) is 28.0 Å². The number of methoxy groups -OCH3 is 1. The maximum atomic E-state index is 12.4. The summed E-state index contributed by atoms with van der Waals surface area (Å²) in [5.74, 6) is 0.164. The number of ether oxygens (including phenoxy) is 2. The van der Waals surface area contributed by atoms with Crippen molar-refractivity contribution in [2.75, 3.05) is 20.8 Å². The van der Waals surface area contributed by atoms with Crippen molar-refractivity contribution in [1.82, 2.24) is 10.2 Å². The van der Waals surface area contributed by atoms with E-state index in [2.05, 4.69) is 27.9 Å². The zero-order chi connectivity index (χ0) is 17.1. The number of esters is 1. The highest BCUT2D eigenvalue weighted by atomic mass is 127. The van der Waals surface area contributed by atoms with Gasteiger partial charge in [-0.15, -0.1) is 0 Å². The molecule has 1 aliphatic heterocycles. The first kappa shape index (κ1) is 17.6. The molecule has 2 rings (SSSR count). The largest absolute Gasteiger partial charge is 0.496 e. The van der Waals surface area contributed by atoms with Gasteiger partial charge >= 0.3 is 12.0 Å². The minimum Gasteiger partial charge on any atom is -0.496 e. The van der Waals surface area contributed by atoms with E-state index in [4.69, 9.17) is 9.47 Å². The molecule has 0 aliphatic carbocycles. The van der Waals surface area contributed by atoms with Crippen LogP contribution in [-0.2, 0) is 9.53 Å². The molecule has 2 amide bonds. The normalized spacial score (nSPS) is 17.9. The number of rotatable bonds is 4. The first-order valence-electron chi connectivity index (χ1n) is 7.16. The van der Waals surface area contributed by atoms with Gasteiger partial charge in [0, 0.05) is 21.9 Å². The number of nitrogens with one attached hydrogen (secondary N) is 1. The Labute approximate surface area is 149 Å². The Morgan fingerprint density at radius 2 is 2.13 bits per heavy atom. The predicted octanol–water partition coefficient (Wildman–Crippen LogP) is 2.83. The van der Waals surface area contributed by atoms with E-state index < -0.39 is 12.0 Å². The second kappa shape index (κ2) is 7.20. The van der Waals surface area contributed by atoms with Gasteiger partial charge in [0.15, 0.2) is 0 Å². The van der Waals surface area contributed by atoms with E-state index in [9.17, 15) is 9.59 Å². The third-order valence-corrected chi connectivity index (χ3v) is 4.42. The summed E-state index contributed by atoms with van der Waals surface area (Å²) in [6, 6.07) is 4.73. The van der Waals surface area contributed by atoms with Crippen molar-refractivity contribution in [3.05, 3.63) is 38.6 Å². The third-order valence-electron chi connectivity index (χ3n) is 3.75. The van der Waals surface area contributed by atoms with Gasteiger partial charge in [0.05, 0.1) is 25.3 Å². The fourth-order valence-corrected chi connectivity index (χ4v) is 2.99. The zero-order valence-corrected chi connectivity index (χ0v) is 15.6.